The summed E-state index contributed by atoms with van der Waals surface area (Å²) in [4.78, 5) is 11.9. The fraction of sp³-hybridized carbons (Fsp3) is 0.769. The first-order chi connectivity index (χ1) is 8.95. The van der Waals surface area contributed by atoms with Crippen LogP contribution >= 0.6 is 0 Å². The molecule has 6 heteroatoms. The molecule has 1 heterocycles. The van der Waals surface area contributed by atoms with Gasteiger partial charge in [-0.1, -0.05) is 32.4 Å². The lowest BCUT2D eigenvalue weighted by atomic mass is 10.1. The Morgan fingerprint density at radius 1 is 1.47 bits per heavy atom. The molecule has 0 aliphatic rings. The van der Waals surface area contributed by atoms with Gasteiger partial charge in [0.05, 0.1) is 17.9 Å². The zero-order valence-corrected chi connectivity index (χ0v) is 12.3. The van der Waals surface area contributed by atoms with Crippen LogP contribution in [0.15, 0.2) is 6.20 Å². The van der Waals surface area contributed by atoms with Gasteiger partial charge in [0.2, 0.25) is 5.91 Å². The molecule has 0 aromatic carbocycles. The van der Waals surface area contributed by atoms with Crippen LogP contribution in [0.1, 0.15) is 58.3 Å². The summed E-state index contributed by atoms with van der Waals surface area (Å²) < 4.78 is 1.57. The van der Waals surface area contributed by atoms with Crippen LogP contribution in [0.5, 0.6) is 0 Å². The van der Waals surface area contributed by atoms with E-state index in [4.69, 9.17) is 5.73 Å². The van der Waals surface area contributed by atoms with Gasteiger partial charge in [0, 0.05) is 6.54 Å². The Morgan fingerprint density at radius 3 is 2.74 bits per heavy atom. The van der Waals surface area contributed by atoms with E-state index in [0.29, 0.717) is 12.5 Å². The third-order valence-corrected chi connectivity index (χ3v) is 2.97. The van der Waals surface area contributed by atoms with Crippen LogP contribution in [0.3, 0.4) is 0 Å². The Labute approximate surface area is 114 Å². The summed E-state index contributed by atoms with van der Waals surface area (Å²) in [7, 11) is 0. The summed E-state index contributed by atoms with van der Waals surface area (Å²) in [6.45, 7) is 8.66. The van der Waals surface area contributed by atoms with Crippen molar-refractivity contribution in [3.63, 3.8) is 0 Å². The first kappa shape index (κ1) is 15.6. The molecule has 2 unspecified atom stereocenters. The lowest BCUT2D eigenvalue weighted by Gasteiger charge is -2.13. The van der Waals surface area contributed by atoms with Gasteiger partial charge in [-0.2, -0.15) is 0 Å². The van der Waals surface area contributed by atoms with E-state index in [-0.39, 0.29) is 18.0 Å². The molecule has 19 heavy (non-hydrogen) atoms. The van der Waals surface area contributed by atoms with Gasteiger partial charge in [0.25, 0.3) is 0 Å². The second-order valence-corrected chi connectivity index (χ2v) is 5.33. The van der Waals surface area contributed by atoms with Crippen molar-refractivity contribution in [3.8, 4) is 0 Å². The maximum Gasteiger partial charge on any atom is 0.244 e. The van der Waals surface area contributed by atoms with Crippen molar-refractivity contribution in [2.75, 3.05) is 6.54 Å². The summed E-state index contributed by atoms with van der Waals surface area (Å²) in [6.07, 6.45) is 3.63. The quantitative estimate of drug-likeness (QED) is 0.782. The molecule has 1 aromatic rings. The number of nitrogens with two attached hydrogens (primary N) is 1. The first-order valence-electron chi connectivity index (χ1n) is 6.90. The highest BCUT2D eigenvalue weighted by molar-refractivity contribution is 5.79. The minimum atomic E-state index is -0.367. The fourth-order valence-electron chi connectivity index (χ4n) is 1.68. The topological polar surface area (TPSA) is 85.8 Å². The van der Waals surface area contributed by atoms with Gasteiger partial charge in [-0.15, -0.1) is 5.10 Å². The molecule has 1 amide bonds. The molecule has 3 N–H and O–H groups in total. The second-order valence-electron chi connectivity index (χ2n) is 5.33. The van der Waals surface area contributed by atoms with Gasteiger partial charge in [-0.3, -0.25) is 4.79 Å². The highest BCUT2D eigenvalue weighted by Gasteiger charge is 2.18. The largest absolute Gasteiger partial charge is 0.354 e. The van der Waals surface area contributed by atoms with Gasteiger partial charge in [-0.25, -0.2) is 4.68 Å². The van der Waals surface area contributed by atoms with Gasteiger partial charge in [0.1, 0.15) is 6.04 Å². The highest BCUT2D eigenvalue weighted by Crippen LogP contribution is 2.14. The van der Waals surface area contributed by atoms with Crippen LogP contribution in [-0.4, -0.2) is 27.4 Å². The van der Waals surface area contributed by atoms with E-state index < -0.39 is 0 Å². The molecule has 0 fully saturated rings. The predicted molar refractivity (Wildman–Crippen MR) is 74.4 cm³/mol. The van der Waals surface area contributed by atoms with Crippen molar-refractivity contribution < 1.29 is 4.79 Å². The third kappa shape index (κ3) is 4.63. The number of carbonyl (C=O) groups is 1. The summed E-state index contributed by atoms with van der Waals surface area (Å²) in [5.74, 6) is 0.384. The van der Waals surface area contributed by atoms with E-state index in [0.717, 1.165) is 18.5 Å². The standard InChI is InChI=1S/C13H25N5O/c1-5-6-11(14)12-8-18(17-16-12)10(4)13(19)15-7-9(2)3/h8-11H,5-7,14H2,1-4H3,(H,15,19). The van der Waals surface area contributed by atoms with Crippen molar-refractivity contribution in [1.29, 1.82) is 0 Å². The fourth-order valence-corrected chi connectivity index (χ4v) is 1.68. The molecule has 0 radical (unpaired) electrons. The lowest BCUT2D eigenvalue weighted by Crippen LogP contribution is -2.33. The van der Waals surface area contributed by atoms with Crippen molar-refractivity contribution in [3.05, 3.63) is 11.9 Å². The van der Waals surface area contributed by atoms with Crippen LogP contribution in [0.4, 0.5) is 0 Å². The normalized spacial score (nSPS) is 14.4. The van der Waals surface area contributed by atoms with Crippen LogP contribution in [0, 0.1) is 5.92 Å². The summed E-state index contributed by atoms with van der Waals surface area (Å²) in [5, 5.41) is 10.9. The highest BCUT2D eigenvalue weighted by atomic mass is 16.2. The molecule has 0 saturated heterocycles. The molecule has 0 aliphatic carbocycles. The Kier molecular flexibility index (Phi) is 5.95. The summed E-state index contributed by atoms with van der Waals surface area (Å²) >= 11 is 0. The van der Waals surface area contributed by atoms with Crippen molar-refractivity contribution in [2.45, 2.75) is 52.6 Å². The van der Waals surface area contributed by atoms with E-state index >= 15 is 0 Å². The van der Waals surface area contributed by atoms with Gasteiger partial charge >= 0.3 is 0 Å². The molecule has 0 bridgehead atoms. The summed E-state index contributed by atoms with van der Waals surface area (Å²) in [6, 6.07) is -0.474. The maximum atomic E-state index is 11.9. The van der Waals surface area contributed by atoms with E-state index in [1.165, 1.54) is 0 Å². The molecular formula is C13H25N5O. The van der Waals surface area contributed by atoms with Crippen molar-refractivity contribution in [2.24, 2.45) is 11.7 Å². The predicted octanol–water partition coefficient (Wildman–Crippen LogP) is 1.41. The lowest BCUT2D eigenvalue weighted by molar-refractivity contribution is -0.124. The SMILES string of the molecule is CCCC(N)c1cn(C(C)C(=O)NCC(C)C)nn1. The number of rotatable bonds is 7. The van der Waals surface area contributed by atoms with Crippen LogP contribution < -0.4 is 11.1 Å². The number of nitrogens with zero attached hydrogens (tertiary/aromatic N) is 3. The minimum absolute atomic E-state index is 0.0470. The zero-order valence-electron chi connectivity index (χ0n) is 12.3. The molecule has 2 atom stereocenters. The van der Waals surface area contributed by atoms with Crippen LogP contribution in [-0.2, 0) is 4.79 Å². The van der Waals surface area contributed by atoms with E-state index in [1.807, 2.05) is 0 Å². The Bertz CT molecular complexity index is 401. The first-order valence-corrected chi connectivity index (χ1v) is 6.90. The molecule has 1 aromatic heterocycles. The average molecular weight is 267 g/mol. The Morgan fingerprint density at radius 2 is 2.16 bits per heavy atom. The molecule has 0 aliphatic heterocycles. The maximum absolute atomic E-state index is 11.9. The number of hydrogen-bond acceptors (Lipinski definition) is 4. The molecular weight excluding hydrogens is 242 g/mol. The Hall–Kier alpha value is -1.43. The zero-order chi connectivity index (χ0) is 14.4. The second kappa shape index (κ2) is 7.23. The third-order valence-electron chi connectivity index (χ3n) is 2.97. The number of aromatic nitrogens is 3. The average Bonchev–Trinajstić information content (AvgIpc) is 2.84. The van der Waals surface area contributed by atoms with Crippen LogP contribution in [0.25, 0.3) is 0 Å². The molecule has 108 valence electrons. The minimum Gasteiger partial charge on any atom is -0.354 e. The smallest absolute Gasteiger partial charge is 0.244 e. The van der Waals surface area contributed by atoms with Gasteiger partial charge in [0.15, 0.2) is 0 Å². The van der Waals surface area contributed by atoms with Gasteiger partial charge in [-0.05, 0) is 19.3 Å². The van der Waals surface area contributed by atoms with Crippen LogP contribution in [0.2, 0.25) is 0 Å². The molecule has 6 nitrogen and oxygen atoms in total. The van der Waals surface area contributed by atoms with E-state index in [2.05, 4.69) is 36.4 Å². The Balaban J connectivity index is 2.62. The summed E-state index contributed by atoms with van der Waals surface area (Å²) in [5.41, 5.74) is 6.72. The van der Waals surface area contributed by atoms with E-state index in [1.54, 1.807) is 17.8 Å². The van der Waals surface area contributed by atoms with Crippen molar-refractivity contribution in [1.82, 2.24) is 20.3 Å². The van der Waals surface area contributed by atoms with Crippen molar-refractivity contribution >= 4 is 5.91 Å². The molecule has 0 saturated carbocycles. The number of hydrogen-bond donors (Lipinski definition) is 2. The monoisotopic (exact) mass is 267 g/mol. The number of nitrogens with one attached hydrogen (secondary N) is 1. The van der Waals surface area contributed by atoms with E-state index in [9.17, 15) is 4.79 Å². The number of carbonyl (C=O) groups excluding carboxylic acids is 1. The number of amides is 1. The molecule has 1 rings (SSSR count). The molecule has 0 spiro atoms. The van der Waals surface area contributed by atoms with Gasteiger partial charge < -0.3 is 11.1 Å².